The molecule has 0 aliphatic rings. The number of hydrogen-bond donors (Lipinski definition) is 1. The van der Waals surface area contributed by atoms with Crippen molar-refractivity contribution in [1.29, 1.82) is 0 Å². The van der Waals surface area contributed by atoms with Crippen molar-refractivity contribution in [2.45, 2.75) is 13.8 Å². The first-order valence-corrected chi connectivity index (χ1v) is 7.64. The van der Waals surface area contributed by atoms with E-state index in [0.717, 1.165) is 5.56 Å². The Morgan fingerprint density at radius 2 is 1.96 bits per heavy atom. The van der Waals surface area contributed by atoms with Gasteiger partial charge in [0.15, 0.2) is 0 Å². The van der Waals surface area contributed by atoms with E-state index < -0.39 is 11.7 Å². The summed E-state index contributed by atoms with van der Waals surface area (Å²) in [4.78, 5) is 12.6. The van der Waals surface area contributed by atoms with Crippen molar-refractivity contribution in [2.24, 2.45) is 0 Å². The smallest absolute Gasteiger partial charge is 0.261 e. The van der Waals surface area contributed by atoms with Gasteiger partial charge in [-0.15, -0.1) is 0 Å². The van der Waals surface area contributed by atoms with Crippen molar-refractivity contribution in [2.75, 3.05) is 5.32 Å². The number of anilines is 1. The number of nitrogens with one attached hydrogen (secondary N) is 1. The largest absolute Gasteiger partial charge is 0.360 e. The van der Waals surface area contributed by atoms with Crippen LogP contribution in [0.15, 0.2) is 47.0 Å². The summed E-state index contributed by atoms with van der Waals surface area (Å²) in [6, 6.07) is 11.6. The number of rotatable bonds is 3. The van der Waals surface area contributed by atoms with Gasteiger partial charge in [-0.3, -0.25) is 4.79 Å². The van der Waals surface area contributed by atoms with Gasteiger partial charge in [0, 0.05) is 5.56 Å². The van der Waals surface area contributed by atoms with Crippen LogP contribution in [0, 0.1) is 19.7 Å². The molecule has 2 aromatic carbocycles. The predicted molar refractivity (Wildman–Crippen MR) is 90.8 cm³/mol. The molecule has 3 aromatic rings. The van der Waals surface area contributed by atoms with E-state index in [1.165, 1.54) is 12.1 Å². The van der Waals surface area contributed by atoms with Gasteiger partial charge in [0.05, 0.1) is 10.7 Å². The summed E-state index contributed by atoms with van der Waals surface area (Å²) in [5.74, 6) is -0.682. The molecule has 24 heavy (non-hydrogen) atoms. The molecular weight excluding hydrogens is 331 g/mol. The molecule has 0 unspecified atom stereocenters. The molecular formula is C18H14ClFN2O2. The quantitative estimate of drug-likeness (QED) is 0.727. The van der Waals surface area contributed by atoms with E-state index in [0.29, 0.717) is 22.0 Å². The maximum atomic E-state index is 14.0. The Morgan fingerprint density at radius 3 is 2.67 bits per heavy atom. The standard InChI is InChI=1S/C18H14ClFN2O2/c1-10-7-8-15(14(20)9-10)21-18(23)16-11(2)24-22-17(16)12-5-3-4-6-13(12)19/h3-9H,1-2H3,(H,21,23). The first-order chi connectivity index (χ1) is 11.5. The van der Waals surface area contributed by atoms with Gasteiger partial charge < -0.3 is 9.84 Å². The number of aryl methyl sites for hydroxylation is 2. The third-order valence-electron chi connectivity index (χ3n) is 3.59. The fourth-order valence-corrected chi connectivity index (χ4v) is 2.61. The molecule has 0 spiro atoms. The topological polar surface area (TPSA) is 55.1 Å². The summed E-state index contributed by atoms with van der Waals surface area (Å²) in [6.07, 6.45) is 0. The van der Waals surface area contributed by atoms with Crippen LogP contribution in [0.25, 0.3) is 11.3 Å². The van der Waals surface area contributed by atoms with Crippen LogP contribution < -0.4 is 5.32 Å². The maximum absolute atomic E-state index is 14.0. The van der Waals surface area contributed by atoms with Crippen LogP contribution in [0.3, 0.4) is 0 Å². The highest BCUT2D eigenvalue weighted by molar-refractivity contribution is 6.33. The number of carbonyl (C=O) groups excluding carboxylic acids is 1. The van der Waals surface area contributed by atoms with E-state index in [1.54, 1.807) is 44.2 Å². The molecule has 0 atom stereocenters. The Balaban J connectivity index is 1.99. The van der Waals surface area contributed by atoms with Gasteiger partial charge >= 0.3 is 0 Å². The molecule has 1 heterocycles. The molecule has 3 rings (SSSR count). The van der Waals surface area contributed by atoms with Gasteiger partial charge in [0.25, 0.3) is 5.91 Å². The molecule has 0 bridgehead atoms. The molecule has 4 nitrogen and oxygen atoms in total. The normalized spacial score (nSPS) is 10.7. The van der Waals surface area contributed by atoms with Gasteiger partial charge in [-0.25, -0.2) is 4.39 Å². The average Bonchev–Trinajstić information content (AvgIpc) is 2.92. The van der Waals surface area contributed by atoms with Crippen molar-refractivity contribution >= 4 is 23.2 Å². The molecule has 1 aromatic heterocycles. The van der Waals surface area contributed by atoms with E-state index in [2.05, 4.69) is 10.5 Å². The lowest BCUT2D eigenvalue weighted by molar-refractivity contribution is 0.102. The summed E-state index contributed by atoms with van der Waals surface area (Å²) in [5.41, 5.74) is 1.98. The molecule has 1 amide bonds. The molecule has 122 valence electrons. The summed E-state index contributed by atoms with van der Waals surface area (Å²) >= 11 is 6.17. The minimum Gasteiger partial charge on any atom is -0.360 e. The lowest BCUT2D eigenvalue weighted by Gasteiger charge is -2.08. The Kier molecular flexibility index (Phi) is 4.36. The zero-order valence-electron chi connectivity index (χ0n) is 13.1. The zero-order chi connectivity index (χ0) is 17.3. The second-order valence-corrected chi connectivity index (χ2v) is 5.79. The number of aromatic nitrogens is 1. The summed E-state index contributed by atoms with van der Waals surface area (Å²) in [6.45, 7) is 3.39. The maximum Gasteiger partial charge on any atom is 0.261 e. The third kappa shape index (κ3) is 3.03. The number of amides is 1. The van der Waals surface area contributed by atoms with E-state index >= 15 is 0 Å². The second-order valence-electron chi connectivity index (χ2n) is 5.38. The van der Waals surface area contributed by atoms with E-state index in [4.69, 9.17) is 16.1 Å². The molecule has 6 heteroatoms. The van der Waals surface area contributed by atoms with Crippen LogP contribution in [0.1, 0.15) is 21.7 Å². The summed E-state index contributed by atoms with van der Waals surface area (Å²) in [7, 11) is 0. The molecule has 0 radical (unpaired) electrons. The van der Waals surface area contributed by atoms with E-state index in [-0.39, 0.29) is 11.3 Å². The first kappa shape index (κ1) is 16.2. The Hall–Kier alpha value is -2.66. The highest BCUT2D eigenvalue weighted by atomic mass is 35.5. The van der Waals surface area contributed by atoms with Crippen LogP contribution in [-0.4, -0.2) is 11.1 Å². The molecule has 0 aliphatic carbocycles. The van der Waals surface area contributed by atoms with Gasteiger partial charge in [0.1, 0.15) is 22.8 Å². The highest BCUT2D eigenvalue weighted by Gasteiger charge is 2.23. The third-order valence-corrected chi connectivity index (χ3v) is 3.92. The number of nitrogens with zero attached hydrogens (tertiary/aromatic N) is 1. The molecule has 0 fully saturated rings. The Labute approximate surface area is 143 Å². The Morgan fingerprint density at radius 1 is 1.21 bits per heavy atom. The van der Waals surface area contributed by atoms with Crippen molar-refractivity contribution in [3.8, 4) is 11.3 Å². The van der Waals surface area contributed by atoms with E-state index in [1.807, 2.05) is 0 Å². The predicted octanol–water partition coefficient (Wildman–Crippen LogP) is 5.00. The monoisotopic (exact) mass is 344 g/mol. The zero-order valence-corrected chi connectivity index (χ0v) is 13.8. The van der Waals surface area contributed by atoms with Crippen LogP contribution in [0.2, 0.25) is 5.02 Å². The van der Waals surface area contributed by atoms with E-state index in [9.17, 15) is 9.18 Å². The number of carbonyl (C=O) groups is 1. The fourth-order valence-electron chi connectivity index (χ4n) is 2.38. The van der Waals surface area contributed by atoms with Gasteiger partial charge in [0.2, 0.25) is 0 Å². The lowest BCUT2D eigenvalue weighted by Crippen LogP contribution is -2.14. The molecule has 1 N–H and O–H groups in total. The lowest BCUT2D eigenvalue weighted by atomic mass is 10.1. The number of hydrogen-bond acceptors (Lipinski definition) is 3. The van der Waals surface area contributed by atoms with Gasteiger partial charge in [-0.2, -0.15) is 0 Å². The summed E-state index contributed by atoms with van der Waals surface area (Å²) in [5, 5.41) is 6.93. The van der Waals surface area contributed by atoms with Crippen LogP contribution in [-0.2, 0) is 0 Å². The molecule has 0 saturated heterocycles. The highest BCUT2D eigenvalue weighted by Crippen LogP contribution is 2.31. The van der Waals surface area contributed by atoms with Crippen molar-refractivity contribution < 1.29 is 13.7 Å². The first-order valence-electron chi connectivity index (χ1n) is 7.26. The fraction of sp³-hybridized carbons (Fsp3) is 0.111. The second kappa shape index (κ2) is 6.45. The molecule has 0 aliphatic heterocycles. The van der Waals surface area contributed by atoms with Crippen molar-refractivity contribution in [1.82, 2.24) is 5.16 Å². The van der Waals surface area contributed by atoms with Crippen molar-refractivity contribution in [3.63, 3.8) is 0 Å². The van der Waals surface area contributed by atoms with Crippen LogP contribution in [0.5, 0.6) is 0 Å². The van der Waals surface area contributed by atoms with Crippen LogP contribution >= 0.6 is 11.6 Å². The van der Waals surface area contributed by atoms with Gasteiger partial charge in [-0.1, -0.05) is 41.0 Å². The Bertz CT molecular complexity index is 921. The summed E-state index contributed by atoms with van der Waals surface area (Å²) < 4.78 is 19.1. The SMILES string of the molecule is Cc1ccc(NC(=O)c2c(-c3ccccc3Cl)noc2C)c(F)c1. The average molecular weight is 345 g/mol. The number of halogens is 2. The minimum absolute atomic E-state index is 0.0938. The van der Waals surface area contributed by atoms with Crippen LogP contribution in [0.4, 0.5) is 10.1 Å². The van der Waals surface area contributed by atoms with Gasteiger partial charge in [-0.05, 0) is 37.6 Å². The molecule has 0 saturated carbocycles. The number of benzene rings is 2. The van der Waals surface area contributed by atoms with Crippen molar-refractivity contribution in [3.05, 3.63) is 70.2 Å². The minimum atomic E-state index is -0.508.